The monoisotopic (exact) mass is 325 g/mol. The third kappa shape index (κ3) is 2.87. The number of hydrogen-bond donors (Lipinski definition) is 2. The van der Waals surface area contributed by atoms with Crippen molar-refractivity contribution in [2.75, 3.05) is 19.8 Å². The van der Waals surface area contributed by atoms with Gasteiger partial charge < -0.3 is 15.2 Å². The van der Waals surface area contributed by atoms with Crippen LogP contribution in [0.2, 0.25) is 0 Å². The van der Waals surface area contributed by atoms with E-state index < -0.39 is 0 Å². The van der Waals surface area contributed by atoms with Crippen molar-refractivity contribution in [2.45, 2.75) is 36.8 Å². The second-order valence-corrected chi connectivity index (χ2v) is 6.72. The number of aliphatic hydroxyl groups is 1. The summed E-state index contributed by atoms with van der Waals surface area (Å²) < 4.78 is 6.55. The Morgan fingerprint density at radius 2 is 2.05 bits per heavy atom. The lowest BCUT2D eigenvalue weighted by molar-refractivity contribution is 0.0963. The van der Waals surface area contributed by atoms with Gasteiger partial charge in [0, 0.05) is 17.1 Å². The minimum atomic E-state index is -0.185. The quantitative estimate of drug-likeness (QED) is 0.893. The molecule has 1 saturated carbocycles. The van der Waals surface area contributed by atoms with E-state index in [1.807, 2.05) is 0 Å². The Kier molecular flexibility index (Phi) is 3.94. The van der Waals surface area contributed by atoms with Crippen molar-refractivity contribution in [2.24, 2.45) is 0 Å². The molecular formula is C15H20BrNO2. The topological polar surface area (TPSA) is 41.5 Å². The van der Waals surface area contributed by atoms with Crippen LogP contribution in [-0.4, -0.2) is 36.5 Å². The van der Waals surface area contributed by atoms with E-state index in [0.29, 0.717) is 18.6 Å². The van der Waals surface area contributed by atoms with Gasteiger partial charge in [0.25, 0.3) is 0 Å². The summed E-state index contributed by atoms with van der Waals surface area (Å²) in [7, 11) is 0. The SMILES string of the molecule is OC[C@]1(NC2CC(c3ccc(Br)cc3)C2)CCOC1. The van der Waals surface area contributed by atoms with Gasteiger partial charge in [-0.3, -0.25) is 0 Å². The second-order valence-electron chi connectivity index (χ2n) is 5.80. The molecule has 104 valence electrons. The lowest BCUT2D eigenvalue weighted by Crippen LogP contribution is -2.56. The summed E-state index contributed by atoms with van der Waals surface area (Å²) >= 11 is 3.47. The Bertz CT molecular complexity index is 422. The fourth-order valence-electron chi connectivity index (χ4n) is 3.07. The number of aliphatic hydroxyl groups excluding tert-OH is 1. The standard InChI is InChI=1S/C15H20BrNO2/c16-13-3-1-11(2-4-13)12-7-14(8-12)17-15(9-18)5-6-19-10-15/h1-4,12,14,17-18H,5-10H2/t12?,14?,15-/m1/s1. The molecule has 0 bridgehead atoms. The number of ether oxygens (including phenoxy) is 1. The molecule has 3 nitrogen and oxygen atoms in total. The largest absolute Gasteiger partial charge is 0.394 e. The molecule has 0 unspecified atom stereocenters. The van der Waals surface area contributed by atoms with E-state index in [0.717, 1.165) is 30.3 Å². The van der Waals surface area contributed by atoms with Crippen LogP contribution in [0, 0.1) is 0 Å². The van der Waals surface area contributed by atoms with Crippen LogP contribution in [0.25, 0.3) is 0 Å². The van der Waals surface area contributed by atoms with Crippen molar-refractivity contribution in [3.8, 4) is 0 Å². The smallest absolute Gasteiger partial charge is 0.0675 e. The molecule has 3 rings (SSSR count). The Hall–Kier alpha value is -0.420. The second kappa shape index (κ2) is 5.52. The molecule has 2 N–H and O–H groups in total. The molecule has 1 aromatic carbocycles. The highest BCUT2D eigenvalue weighted by Gasteiger charge is 2.40. The van der Waals surface area contributed by atoms with Gasteiger partial charge in [-0.1, -0.05) is 28.1 Å². The normalized spacial score (nSPS) is 34.2. The van der Waals surface area contributed by atoms with Crippen LogP contribution in [0.5, 0.6) is 0 Å². The van der Waals surface area contributed by atoms with Gasteiger partial charge in [0.15, 0.2) is 0 Å². The fraction of sp³-hybridized carbons (Fsp3) is 0.600. The van der Waals surface area contributed by atoms with Crippen LogP contribution in [0.3, 0.4) is 0 Å². The molecule has 1 atom stereocenters. The zero-order chi connectivity index (χ0) is 13.3. The summed E-state index contributed by atoms with van der Waals surface area (Å²) in [6, 6.07) is 9.13. The Labute approximate surface area is 122 Å². The Morgan fingerprint density at radius 3 is 2.63 bits per heavy atom. The predicted octanol–water partition coefficient (Wildman–Crippen LogP) is 2.44. The maximum atomic E-state index is 9.55. The Balaban J connectivity index is 1.54. The summed E-state index contributed by atoms with van der Waals surface area (Å²) in [6.45, 7) is 1.58. The van der Waals surface area contributed by atoms with Crippen molar-refractivity contribution in [1.82, 2.24) is 5.32 Å². The number of halogens is 1. The third-order valence-electron chi connectivity index (χ3n) is 4.40. The minimum Gasteiger partial charge on any atom is -0.394 e. The van der Waals surface area contributed by atoms with E-state index in [1.54, 1.807) is 0 Å². The molecule has 4 heteroatoms. The number of rotatable bonds is 4. The van der Waals surface area contributed by atoms with Gasteiger partial charge >= 0.3 is 0 Å². The van der Waals surface area contributed by atoms with E-state index >= 15 is 0 Å². The van der Waals surface area contributed by atoms with Gasteiger partial charge in [-0.05, 0) is 42.9 Å². The van der Waals surface area contributed by atoms with Crippen molar-refractivity contribution < 1.29 is 9.84 Å². The summed E-state index contributed by atoms with van der Waals surface area (Å²) in [5.41, 5.74) is 1.23. The summed E-state index contributed by atoms with van der Waals surface area (Å²) in [4.78, 5) is 0. The van der Waals surface area contributed by atoms with Gasteiger partial charge in [-0.15, -0.1) is 0 Å². The van der Waals surface area contributed by atoms with Crippen LogP contribution >= 0.6 is 15.9 Å². The van der Waals surface area contributed by atoms with Gasteiger partial charge in [0.05, 0.1) is 18.8 Å². The zero-order valence-corrected chi connectivity index (χ0v) is 12.5. The molecule has 0 spiro atoms. The van der Waals surface area contributed by atoms with Crippen LogP contribution in [0.4, 0.5) is 0 Å². The van der Waals surface area contributed by atoms with Crippen molar-refractivity contribution >= 4 is 15.9 Å². The Morgan fingerprint density at radius 1 is 1.32 bits per heavy atom. The first-order chi connectivity index (χ1) is 9.21. The lowest BCUT2D eigenvalue weighted by Gasteiger charge is -2.42. The van der Waals surface area contributed by atoms with Gasteiger partial charge in [-0.2, -0.15) is 0 Å². The average molecular weight is 326 g/mol. The van der Waals surface area contributed by atoms with Gasteiger partial charge in [-0.25, -0.2) is 0 Å². The summed E-state index contributed by atoms with van der Waals surface area (Å²) in [6.07, 6.45) is 3.23. The third-order valence-corrected chi connectivity index (χ3v) is 4.92. The lowest BCUT2D eigenvalue weighted by atomic mass is 9.75. The summed E-state index contributed by atoms with van der Waals surface area (Å²) in [5, 5.41) is 13.2. The number of hydrogen-bond acceptors (Lipinski definition) is 3. The molecule has 0 radical (unpaired) electrons. The first-order valence-corrected chi connectivity index (χ1v) is 7.72. The molecular weight excluding hydrogens is 306 g/mol. The van der Waals surface area contributed by atoms with E-state index in [9.17, 15) is 5.11 Å². The molecule has 19 heavy (non-hydrogen) atoms. The predicted molar refractivity (Wildman–Crippen MR) is 78.3 cm³/mol. The van der Waals surface area contributed by atoms with E-state index in [1.165, 1.54) is 5.56 Å². The van der Waals surface area contributed by atoms with Crippen LogP contribution in [-0.2, 0) is 4.74 Å². The first-order valence-electron chi connectivity index (χ1n) is 6.92. The van der Waals surface area contributed by atoms with E-state index in [-0.39, 0.29) is 12.1 Å². The van der Waals surface area contributed by atoms with E-state index in [2.05, 4.69) is 45.5 Å². The van der Waals surface area contributed by atoms with Crippen molar-refractivity contribution in [3.63, 3.8) is 0 Å². The first kappa shape index (κ1) is 13.6. The summed E-state index contributed by atoms with van der Waals surface area (Å²) in [5.74, 6) is 0.656. The zero-order valence-electron chi connectivity index (χ0n) is 10.9. The minimum absolute atomic E-state index is 0.173. The molecule has 2 fully saturated rings. The average Bonchev–Trinajstić information content (AvgIpc) is 2.84. The molecule has 0 aromatic heterocycles. The van der Waals surface area contributed by atoms with Crippen LogP contribution in [0.1, 0.15) is 30.7 Å². The maximum Gasteiger partial charge on any atom is 0.0675 e. The van der Waals surface area contributed by atoms with E-state index in [4.69, 9.17) is 4.74 Å². The molecule has 2 aliphatic rings. The van der Waals surface area contributed by atoms with Crippen LogP contribution in [0.15, 0.2) is 28.7 Å². The molecule has 1 aliphatic heterocycles. The highest BCUT2D eigenvalue weighted by molar-refractivity contribution is 9.10. The highest BCUT2D eigenvalue weighted by Crippen LogP contribution is 2.38. The number of nitrogens with one attached hydrogen (secondary N) is 1. The van der Waals surface area contributed by atoms with Gasteiger partial charge in [0.2, 0.25) is 0 Å². The van der Waals surface area contributed by atoms with Gasteiger partial charge in [0.1, 0.15) is 0 Å². The molecule has 1 aromatic rings. The number of benzene rings is 1. The highest BCUT2D eigenvalue weighted by atomic mass is 79.9. The van der Waals surface area contributed by atoms with Crippen LogP contribution < -0.4 is 5.32 Å². The van der Waals surface area contributed by atoms with Crippen molar-refractivity contribution in [1.29, 1.82) is 0 Å². The van der Waals surface area contributed by atoms with Crippen molar-refractivity contribution in [3.05, 3.63) is 34.3 Å². The molecule has 1 heterocycles. The molecule has 1 saturated heterocycles. The molecule has 0 amide bonds. The fourth-order valence-corrected chi connectivity index (χ4v) is 3.33. The maximum absolute atomic E-state index is 9.55. The molecule has 1 aliphatic carbocycles.